The summed E-state index contributed by atoms with van der Waals surface area (Å²) in [7, 11) is 0. The highest BCUT2D eigenvalue weighted by Gasteiger charge is 2.60. The molecule has 4 aliphatic carbocycles. The van der Waals surface area contributed by atoms with Crippen molar-refractivity contribution in [3.63, 3.8) is 0 Å². The highest BCUT2D eigenvalue weighted by molar-refractivity contribution is 9.09. The van der Waals surface area contributed by atoms with E-state index in [1.54, 1.807) is 0 Å². The Morgan fingerprint density at radius 2 is 1.64 bits per heavy atom. The Kier molecular flexibility index (Phi) is 4.47. The number of hydrogen-bond donors (Lipinski definition) is 1. The van der Waals surface area contributed by atoms with Gasteiger partial charge in [-0.05, 0) is 99.2 Å². The van der Waals surface area contributed by atoms with Gasteiger partial charge in [-0.25, -0.2) is 0 Å². The van der Waals surface area contributed by atoms with Gasteiger partial charge in [-0.1, -0.05) is 29.8 Å². The third kappa shape index (κ3) is 2.78. The molecule has 4 fully saturated rings. The monoisotopic (exact) mass is 410 g/mol. The third-order valence-electron chi connectivity index (χ3n) is 9.25. The van der Waals surface area contributed by atoms with Crippen LogP contribution in [0.25, 0.3) is 0 Å². The second-order valence-electron chi connectivity index (χ2n) is 10.7. The summed E-state index contributed by atoms with van der Waals surface area (Å²) in [4.78, 5) is 12.5. The van der Waals surface area contributed by atoms with Gasteiger partial charge in [0.1, 0.15) is 5.78 Å². The van der Waals surface area contributed by atoms with Crippen LogP contribution in [-0.4, -0.2) is 21.8 Å². The van der Waals surface area contributed by atoms with Crippen molar-refractivity contribution in [2.45, 2.75) is 84.2 Å². The Morgan fingerprint density at radius 3 is 2.36 bits per heavy atom. The van der Waals surface area contributed by atoms with E-state index < -0.39 is 5.60 Å². The summed E-state index contributed by atoms with van der Waals surface area (Å²) in [6, 6.07) is 0. The van der Waals surface area contributed by atoms with Crippen molar-refractivity contribution in [1.82, 2.24) is 0 Å². The lowest BCUT2D eigenvalue weighted by Crippen LogP contribution is -2.54. The average Bonchev–Trinajstić information content (AvgIpc) is 2.89. The molecule has 0 amide bonds. The first-order chi connectivity index (χ1) is 11.7. The second kappa shape index (κ2) is 6.06. The van der Waals surface area contributed by atoms with E-state index in [-0.39, 0.29) is 5.41 Å². The molecule has 0 radical (unpaired) electrons. The van der Waals surface area contributed by atoms with Crippen LogP contribution >= 0.6 is 15.9 Å². The minimum absolute atomic E-state index is 0.250. The zero-order valence-corrected chi connectivity index (χ0v) is 17.8. The molecule has 8 atom stereocenters. The number of carbonyl (C=O) groups excluding carboxylic acids is 1. The number of carbonyl (C=O) groups is 1. The lowest BCUT2D eigenvalue weighted by molar-refractivity contribution is -0.144. The van der Waals surface area contributed by atoms with Gasteiger partial charge in [0.2, 0.25) is 0 Å². The van der Waals surface area contributed by atoms with Gasteiger partial charge >= 0.3 is 0 Å². The van der Waals surface area contributed by atoms with Gasteiger partial charge in [0.05, 0.1) is 10.9 Å². The van der Waals surface area contributed by atoms with Crippen LogP contribution in [0, 0.1) is 40.4 Å². The van der Waals surface area contributed by atoms with Gasteiger partial charge in [0, 0.05) is 5.92 Å². The molecule has 0 spiro atoms. The topological polar surface area (TPSA) is 37.3 Å². The molecule has 1 unspecified atom stereocenters. The fraction of sp³-hybridized carbons (Fsp3) is 0.955. The molecular formula is C22H35BrO2. The summed E-state index contributed by atoms with van der Waals surface area (Å²) in [6.07, 6.45) is 10.7. The largest absolute Gasteiger partial charge is 0.390 e. The van der Waals surface area contributed by atoms with Crippen LogP contribution in [0.1, 0.15) is 78.6 Å². The molecule has 1 N–H and O–H groups in total. The minimum Gasteiger partial charge on any atom is -0.390 e. The molecule has 0 aromatic carbocycles. The van der Waals surface area contributed by atoms with E-state index in [0.29, 0.717) is 22.4 Å². The van der Waals surface area contributed by atoms with Crippen molar-refractivity contribution in [2.24, 2.45) is 40.4 Å². The number of Topliss-reactive ketones (excluding diaryl/α,β-unsaturated/α-hetero) is 1. The maximum Gasteiger partial charge on any atom is 0.147 e. The molecule has 4 saturated carbocycles. The third-order valence-corrected chi connectivity index (χ3v) is 9.80. The van der Waals surface area contributed by atoms with Crippen molar-refractivity contribution >= 4 is 21.7 Å². The van der Waals surface area contributed by atoms with Crippen LogP contribution < -0.4 is 0 Å². The molecule has 2 nitrogen and oxygen atoms in total. The lowest BCUT2D eigenvalue weighted by Gasteiger charge is -2.60. The highest BCUT2D eigenvalue weighted by atomic mass is 79.9. The van der Waals surface area contributed by atoms with Crippen LogP contribution in [0.5, 0.6) is 0 Å². The summed E-state index contributed by atoms with van der Waals surface area (Å²) >= 11 is 3.42. The molecule has 0 aromatic rings. The summed E-state index contributed by atoms with van der Waals surface area (Å²) < 4.78 is 0. The lowest BCUT2D eigenvalue weighted by atomic mass is 9.45. The molecule has 3 heteroatoms. The minimum atomic E-state index is -0.456. The van der Waals surface area contributed by atoms with Crippen LogP contribution in [0.15, 0.2) is 0 Å². The van der Waals surface area contributed by atoms with E-state index in [1.165, 1.54) is 38.5 Å². The van der Waals surface area contributed by atoms with Gasteiger partial charge in [-0.15, -0.1) is 0 Å². The van der Waals surface area contributed by atoms with Gasteiger partial charge in [0.15, 0.2) is 0 Å². The first-order valence-corrected chi connectivity index (χ1v) is 11.6. The van der Waals surface area contributed by atoms with Crippen molar-refractivity contribution in [1.29, 1.82) is 0 Å². The van der Waals surface area contributed by atoms with Crippen molar-refractivity contribution in [2.75, 3.05) is 5.33 Å². The van der Waals surface area contributed by atoms with Crippen LogP contribution in [0.2, 0.25) is 0 Å². The molecule has 0 heterocycles. The van der Waals surface area contributed by atoms with Crippen molar-refractivity contribution < 1.29 is 9.90 Å². The molecule has 142 valence electrons. The van der Waals surface area contributed by atoms with E-state index in [4.69, 9.17) is 0 Å². The second-order valence-corrected chi connectivity index (χ2v) is 11.3. The summed E-state index contributed by atoms with van der Waals surface area (Å²) in [5.74, 6) is 3.95. The Balaban J connectivity index is 1.58. The number of halogens is 1. The number of ketones is 1. The fourth-order valence-electron chi connectivity index (χ4n) is 8.26. The molecule has 0 aliphatic heterocycles. The predicted molar refractivity (Wildman–Crippen MR) is 105 cm³/mol. The fourth-order valence-corrected chi connectivity index (χ4v) is 8.65. The van der Waals surface area contributed by atoms with Crippen LogP contribution in [0.4, 0.5) is 0 Å². The normalized spacial score (nSPS) is 55.2. The number of hydrogen-bond acceptors (Lipinski definition) is 2. The first-order valence-electron chi connectivity index (χ1n) is 10.5. The average molecular weight is 411 g/mol. The number of rotatable bonds is 2. The Morgan fingerprint density at radius 1 is 0.960 bits per heavy atom. The smallest absolute Gasteiger partial charge is 0.147 e. The number of fused-ring (bicyclic) bond motifs is 5. The molecular weight excluding hydrogens is 376 g/mol. The van der Waals surface area contributed by atoms with E-state index in [0.717, 1.165) is 42.9 Å². The molecule has 25 heavy (non-hydrogen) atoms. The molecule has 0 saturated heterocycles. The highest BCUT2D eigenvalue weighted by Crippen LogP contribution is 2.67. The zero-order valence-electron chi connectivity index (χ0n) is 16.2. The summed E-state index contributed by atoms with van der Waals surface area (Å²) in [5, 5.41) is 11.2. The van der Waals surface area contributed by atoms with Crippen molar-refractivity contribution in [3.05, 3.63) is 0 Å². The number of alkyl halides is 1. The van der Waals surface area contributed by atoms with Crippen LogP contribution in [-0.2, 0) is 4.79 Å². The zero-order chi connectivity index (χ0) is 18.0. The SMILES string of the molecule is C[C@@]1(O)CCC2[C@H]3CC[C@]4(C)[C@@H](C(=O)CBr)CC[C@H]4[C@@H]3CC[C@]2(C)C1. The van der Waals surface area contributed by atoms with E-state index in [1.807, 2.05) is 6.92 Å². The Hall–Kier alpha value is 0.110. The molecule has 4 rings (SSSR count). The molecule has 4 aliphatic rings. The number of aliphatic hydroxyl groups is 1. The standard InChI is InChI=1S/C22H35BrO2/c1-20-9-6-15-14(16(20)8-10-21(2,25)13-20)7-11-22(3)17(15)4-5-18(22)19(24)12-23/h14-18,25H,4-13H2,1-3H3/t14-,15+,16?,17-,18+,20+,21+,22-/m0/s1. The van der Waals surface area contributed by atoms with E-state index in [2.05, 4.69) is 29.8 Å². The van der Waals surface area contributed by atoms with Gasteiger partial charge in [0.25, 0.3) is 0 Å². The van der Waals surface area contributed by atoms with Gasteiger partial charge in [-0.2, -0.15) is 0 Å². The molecule has 0 bridgehead atoms. The maximum absolute atomic E-state index is 12.5. The van der Waals surface area contributed by atoms with Gasteiger partial charge in [-0.3, -0.25) is 4.79 Å². The van der Waals surface area contributed by atoms with Gasteiger partial charge < -0.3 is 5.11 Å². The Labute approximate surface area is 161 Å². The van der Waals surface area contributed by atoms with E-state index in [9.17, 15) is 9.90 Å². The van der Waals surface area contributed by atoms with Crippen LogP contribution in [0.3, 0.4) is 0 Å². The van der Waals surface area contributed by atoms with Crippen molar-refractivity contribution in [3.8, 4) is 0 Å². The summed E-state index contributed by atoms with van der Waals surface area (Å²) in [5.41, 5.74) is 0.127. The molecule has 0 aromatic heterocycles. The quantitative estimate of drug-likeness (QED) is 0.621. The Bertz CT molecular complexity index is 558. The van der Waals surface area contributed by atoms with E-state index >= 15 is 0 Å². The predicted octanol–water partition coefficient (Wildman–Crippen LogP) is 5.36. The first kappa shape index (κ1) is 18.5. The summed E-state index contributed by atoms with van der Waals surface area (Å²) in [6.45, 7) is 6.94. The maximum atomic E-state index is 12.5.